The summed E-state index contributed by atoms with van der Waals surface area (Å²) in [5.41, 5.74) is 4.14. The fraction of sp³-hybridized carbons (Fsp3) is 0.214. The van der Waals surface area contributed by atoms with Crippen LogP contribution in [0.3, 0.4) is 0 Å². The maximum absolute atomic E-state index is 11.6. The Kier molecular flexibility index (Phi) is 3.60. The van der Waals surface area contributed by atoms with Gasteiger partial charge in [-0.1, -0.05) is 28.1 Å². The number of carbonyl (C=O) groups is 1. The molecule has 0 fully saturated rings. The summed E-state index contributed by atoms with van der Waals surface area (Å²) in [6.45, 7) is 0.612. The number of amides is 2. The lowest BCUT2D eigenvalue weighted by Crippen LogP contribution is -2.35. The van der Waals surface area contributed by atoms with Crippen LogP contribution in [0.15, 0.2) is 39.6 Å². The Hall–Kier alpha value is -1.27. The zero-order valence-electron chi connectivity index (χ0n) is 10.7. The lowest BCUT2D eigenvalue weighted by Gasteiger charge is -2.26. The highest BCUT2D eigenvalue weighted by molar-refractivity contribution is 9.10. The average Bonchev–Trinajstić information content (AvgIpc) is 2.85. The van der Waals surface area contributed by atoms with Crippen molar-refractivity contribution in [1.29, 1.82) is 0 Å². The molecule has 1 aliphatic heterocycles. The van der Waals surface area contributed by atoms with E-state index in [1.54, 1.807) is 18.2 Å². The van der Waals surface area contributed by atoms with Crippen LogP contribution in [0, 0.1) is 0 Å². The minimum absolute atomic E-state index is 0.0452. The number of nitrogens with zero attached hydrogens (tertiary/aromatic N) is 1. The summed E-state index contributed by atoms with van der Waals surface area (Å²) >= 11 is 7.08. The van der Waals surface area contributed by atoms with Crippen molar-refractivity contribution in [3.8, 4) is 0 Å². The van der Waals surface area contributed by atoms with Gasteiger partial charge in [-0.3, -0.25) is 0 Å². The van der Waals surface area contributed by atoms with Crippen molar-refractivity contribution in [3.63, 3.8) is 0 Å². The van der Waals surface area contributed by atoms with Gasteiger partial charge in [-0.2, -0.15) is 0 Å². The van der Waals surface area contributed by atoms with Crippen LogP contribution >= 0.6 is 31.9 Å². The zero-order chi connectivity index (χ0) is 14.3. The predicted octanol–water partition coefficient (Wildman–Crippen LogP) is 4.50. The number of benzene rings is 1. The van der Waals surface area contributed by atoms with E-state index in [0.717, 1.165) is 27.0 Å². The maximum atomic E-state index is 11.6. The minimum atomic E-state index is -0.0711. The van der Waals surface area contributed by atoms with E-state index < -0.39 is 0 Å². The largest absolute Gasteiger partial charge is 0.457 e. The quantitative estimate of drug-likeness (QED) is 0.755. The highest BCUT2D eigenvalue weighted by Crippen LogP contribution is 2.37. The van der Waals surface area contributed by atoms with Gasteiger partial charge in [0.1, 0.15) is 0 Å². The van der Waals surface area contributed by atoms with Gasteiger partial charge in [0.15, 0.2) is 4.67 Å². The van der Waals surface area contributed by atoms with Gasteiger partial charge in [-0.15, -0.1) is 0 Å². The van der Waals surface area contributed by atoms with Crippen molar-refractivity contribution in [3.05, 3.63) is 51.9 Å². The molecule has 1 aromatic carbocycles. The lowest BCUT2D eigenvalue weighted by molar-refractivity contribution is 0.218. The summed E-state index contributed by atoms with van der Waals surface area (Å²) in [6, 6.07) is 7.90. The Morgan fingerprint density at radius 1 is 1.40 bits per heavy atom. The van der Waals surface area contributed by atoms with Crippen LogP contribution in [0.5, 0.6) is 0 Å². The maximum Gasteiger partial charge on any atom is 0.321 e. The molecule has 0 bridgehead atoms. The molecule has 2 amide bonds. The molecule has 3 rings (SSSR count). The normalized spacial score (nSPS) is 15.8. The highest BCUT2D eigenvalue weighted by Gasteiger charge is 2.22. The van der Waals surface area contributed by atoms with Gasteiger partial charge in [-0.25, -0.2) is 4.79 Å². The molecular formula is C14H12Br2N2O2. The van der Waals surface area contributed by atoms with E-state index in [1.165, 1.54) is 0 Å². The number of fused-ring (bicyclic) bond motifs is 1. The van der Waals surface area contributed by atoms with Gasteiger partial charge in [0.2, 0.25) is 0 Å². The first-order valence-corrected chi connectivity index (χ1v) is 7.79. The Balaban J connectivity index is 1.95. The first kappa shape index (κ1) is 13.7. The molecule has 0 radical (unpaired) electrons. The minimum Gasteiger partial charge on any atom is -0.457 e. The molecular weight excluding hydrogens is 388 g/mol. The van der Waals surface area contributed by atoms with Crippen molar-refractivity contribution in [2.45, 2.75) is 11.4 Å². The SMILES string of the molecule is CN1Cc2cc(C(Br)c3ccoc3Br)ccc2NC1=O. The number of hydrogen-bond acceptors (Lipinski definition) is 2. The number of hydrogen-bond donors (Lipinski definition) is 1. The summed E-state index contributed by atoms with van der Waals surface area (Å²) in [6.07, 6.45) is 1.65. The van der Waals surface area contributed by atoms with Crippen LogP contribution in [0.2, 0.25) is 0 Å². The van der Waals surface area contributed by atoms with Gasteiger partial charge in [0, 0.05) is 24.8 Å². The van der Waals surface area contributed by atoms with Gasteiger partial charge < -0.3 is 14.6 Å². The third-order valence-corrected chi connectivity index (χ3v) is 5.00. The van der Waals surface area contributed by atoms with E-state index in [2.05, 4.69) is 43.2 Å². The monoisotopic (exact) mass is 398 g/mol. The predicted molar refractivity (Wildman–Crippen MR) is 84.1 cm³/mol. The third-order valence-electron chi connectivity index (χ3n) is 3.34. The fourth-order valence-electron chi connectivity index (χ4n) is 2.23. The number of carbonyl (C=O) groups excluding carboxylic acids is 1. The fourth-order valence-corrected chi connectivity index (χ4v) is 3.65. The molecule has 1 unspecified atom stereocenters. The van der Waals surface area contributed by atoms with Gasteiger partial charge in [-0.05, 0) is 39.2 Å². The summed E-state index contributed by atoms with van der Waals surface area (Å²) < 4.78 is 6.00. The van der Waals surface area contributed by atoms with Crippen molar-refractivity contribution in [2.75, 3.05) is 12.4 Å². The molecule has 1 aliphatic rings. The van der Waals surface area contributed by atoms with Crippen LogP contribution in [-0.2, 0) is 6.54 Å². The average molecular weight is 400 g/mol. The first-order chi connectivity index (χ1) is 9.56. The number of halogens is 2. The number of alkyl halides is 1. The number of nitrogens with one attached hydrogen (secondary N) is 1. The van der Waals surface area contributed by atoms with E-state index in [1.807, 2.05) is 18.2 Å². The molecule has 20 heavy (non-hydrogen) atoms. The second-order valence-electron chi connectivity index (χ2n) is 4.72. The summed E-state index contributed by atoms with van der Waals surface area (Å²) in [5, 5.41) is 2.87. The number of furan rings is 1. The Labute approximate surface area is 133 Å². The molecule has 4 nitrogen and oxygen atoms in total. The van der Waals surface area contributed by atoms with Gasteiger partial charge in [0.25, 0.3) is 0 Å². The molecule has 0 saturated carbocycles. The molecule has 6 heteroatoms. The van der Waals surface area contributed by atoms with Crippen molar-refractivity contribution in [1.82, 2.24) is 4.90 Å². The molecule has 0 spiro atoms. The molecule has 0 saturated heterocycles. The lowest BCUT2D eigenvalue weighted by atomic mass is 10.0. The van der Waals surface area contributed by atoms with E-state index in [4.69, 9.17) is 4.42 Å². The summed E-state index contributed by atoms with van der Waals surface area (Å²) in [5.74, 6) is 0. The van der Waals surface area contributed by atoms with Crippen molar-refractivity contribution >= 4 is 43.6 Å². The second kappa shape index (κ2) is 5.26. The number of anilines is 1. The smallest absolute Gasteiger partial charge is 0.321 e. The molecule has 2 heterocycles. The van der Waals surface area contributed by atoms with Crippen LogP contribution in [0.25, 0.3) is 0 Å². The van der Waals surface area contributed by atoms with Crippen molar-refractivity contribution in [2.24, 2.45) is 0 Å². The van der Waals surface area contributed by atoms with Gasteiger partial charge in [0.05, 0.1) is 11.1 Å². The summed E-state index contributed by atoms with van der Waals surface area (Å²) in [4.78, 5) is 13.3. The first-order valence-electron chi connectivity index (χ1n) is 6.08. The molecule has 1 N–H and O–H groups in total. The van der Waals surface area contributed by atoms with Crippen molar-refractivity contribution < 1.29 is 9.21 Å². The van der Waals surface area contributed by atoms with Crippen LogP contribution < -0.4 is 5.32 Å². The molecule has 1 atom stereocenters. The number of rotatable bonds is 2. The second-order valence-corrected chi connectivity index (χ2v) is 6.35. The zero-order valence-corrected chi connectivity index (χ0v) is 13.9. The molecule has 104 valence electrons. The molecule has 0 aliphatic carbocycles. The molecule has 1 aromatic heterocycles. The Morgan fingerprint density at radius 3 is 2.90 bits per heavy atom. The van der Waals surface area contributed by atoms with E-state index in [9.17, 15) is 4.79 Å². The Bertz CT molecular complexity index is 669. The van der Waals surface area contributed by atoms with Crippen LogP contribution in [0.1, 0.15) is 21.5 Å². The van der Waals surface area contributed by atoms with Crippen LogP contribution in [-0.4, -0.2) is 18.0 Å². The topological polar surface area (TPSA) is 45.5 Å². The van der Waals surface area contributed by atoms with E-state index in [0.29, 0.717) is 6.54 Å². The van der Waals surface area contributed by atoms with E-state index >= 15 is 0 Å². The van der Waals surface area contributed by atoms with Crippen LogP contribution in [0.4, 0.5) is 10.5 Å². The van der Waals surface area contributed by atoms with E-state index in [-0.39, 0.29) is 10.9 Å². The Morgan fingerprint density at radius 2 is 2.20 bits per heavy atom. The number of urea groups is 1. The molecule has 2 aromatic rings. The summed E-state index contributed by atoms with van der Waals surface area (Å²) in [7, 11) is 1.78. The standard InChI is InChI=1S/C14H12Br2N2O2/c1-18-7-9-6-8(2-3-11(9)17-14(18)19)12(15)10-4-5-20-13(10)16/h2-6,12H,7H2,1H3,(H,17,19). The van der Waals surface area contributed by atoms with Gasteiger partial charge >= 0.3 is 6.03 Å². The third kappa shape index (κ3) is 2.38. The highest BCUT2D eigenvalue weighted by atomic mass is 79.9.